The molecule has 6 heteroatoms. The molecule has 1 N–H and O–H groups in total. The fourth-order valence-corrected chi connectivity index (χ4v) is 2.41. The van der Waals surface area contributed by atoms with Gasteiger partial charge in [0.15, 0.2) is 0 Å². The van der Waals surface area contributed by atoms with Gasteiger partial charge in [-0.05, 0) is 30.5 Å². The van der Waals surface area contributed by atoms with Gasteiger partial charge in [0.25, 0.3) is 0 Å². The normalized spacial score (nSPS) is 14.5. The van der Waals surface area contributed by atoms with E-state index in [1.54, 1.807) is 0 Å². The number of nitrogens with one attached hydrogen (secondary N) is 1. The lowest BCUT2D eigenvalue weighted by Crippen LogP contribution is -2.17. The van der Waals surface area contributed by atoms with E-state index in [4.69, 9.17) is 4.42 Å². The van der Waals surface area contributed by atoms with Crippen LogP contribution >= 0.6 is 15.9 Å². The van der Waals surface area contributed by atoms with Crippen molar-refractivity contribution in [2.75, 3.05) is 11.9 Å². The number of aromatic nitrogens is 2. The van der Waals surface area contributed by atoms with Crippen molar-refractivity contribution in [2.45, 2.75) is 32.0 Å². The maximum atomic E-state index is 5.66. The topological polar surface area (TPSA) is 54.2 Å². The average Bonchev–Trinajstić information content (AvgIpc) is 3.13. The first-order chi connectivity index (χ1) is 9.70. The molecule has 0 radical (unpaired) electrons. The summed E-state index contributed by atoms with van der Waals surface area (Å²) in [7, 11) is 1.95. The molecule has 0 bridgehead atoms. The largest absolute Gasteiger partial charge is 0.407 e. The summed E-state index contributed by atoms with van der Waals surface area (Å²) in [5.41, 5.74) is 1.19. The Morgan fingerprint density at radius 3 is 3.00 bits per heavy atom. The van der Waals surface area contributed by atoms with E-state index in [-0.39, 0.29) is 0 Å². The second kappa shape index (κ2) is 5.93. The Bertz CT molecular complexity index is 582. The molecule has 0 unspecified atom stereocenters. The van der Waals surface area contributed by atoms with Crippen LogP contribution in [0.4, 0.5) is 6.01 Å². The van der Waals surface area contributed by atoms with E-state index < -0.39 is 0 Å². The molecule has 1 fully saturated rings. The third kappa shape index (κ3) is 3.58. The number of hydrogen-bond donors (Lipinski definition) is 1. The molecule has 106 valence electrons. The van der Waals surface area contributed by atoms with E-state index in [0.717, 1.165) is 11.0 Å². The fraction of sp³-hybridized carbons (Fsp3) is 0.429. The SMILES string of the molecule is CN(Cc1cccc(Br)c1)c1nnc(CNC2CC2)o1. The van der Waals surface area contributed by atoms with Crippen molar-refractivity contribution < 1.29 is 4.42 Å². The first-order valence-corrected chi connectivity index (χ1v) is 7.51. The molecule has 0 atom stereocenters. The van der Waals surface area contributed by atoms with Crippen LogP contribution in [0.5, 0.6) is 0 Å². The predicted molar refractivity (Wildman–Crippen MR) is 80.4 cm³/mol. The van der Waals surface area contributed by atoms with Crippen molar-refractivity contribution in [2.24, 2.45) is 0 Å². The highest BCUT2D eigenvalue weighted by Gasteiger charge is 2.21. The third-order valence-corrected chi connectivity index (χ3v) is 3.70. The Kier molecular flexibility index (Phi) is 4.03. The molecule has 0 amide bonds. The predicted octanol–water partition coefficient (Wildman–Crippen LogP) is 2.72. The zero-order chi connectivity index (χ0) is 13.9. The standard InChI is InChI=1S/C14H17BrN4O/c1-19(9-10-3-2-4-11(15)7-10)14-18-17-13(20-14)8-16-12-5-6-12/h2-4,7,12,16H,5-6,8-9H2,1H3. The van der Waals surface area contributed by atoms with Crippen LogP contribution in [0.2, 0.25) is 0 Å². The Hall–Kier alpha value is -1.40. The number of rotatable bonds is 6. The van der Waals surface area contributed by atoms with Gasteiger partial charge in [-0.1, -0.05) is 33.2 Å². The minimum Gasteiger partial charge on any atom is -0.407 e. The summed E-state index contributed by atoms with van der Waals surface area (Å²) in [6.45, 7) is 1.39. The van der Waals surface area contributed by atoms with Crippen molar-refractivity contribution in [3.63, 3.8) is 0 Å². The summed E-state index contributed by atoms with van der Waals surface area (Å²) in [5, 5.41) is 11.5. The maximum Gasteiger partial charge on any atom is 0.318 e. The zero-order valence-electron chi connectivity index (χ0n) is 11.3. The van der Waals surface area contributed by atoms with Crippen LogP contribution in [-0.4, -0.2) is 23.3 Å². The summed E-state index contributed by atoms with van der Waals surface area (Å²) in [6, 6.07) is 9.39. The lowest BCUT2D eigenvalue weighted by atomic mass is 10.2. The monoisotopic (exact) mass is 336 g/mol. The van der Waals surface area contributed by atoms with Crippen LogP contribution in [0.3, 0.4) is 0 Å². The van der Waals surface area contributed by atoms with Gasteiger partial charge in [0.2, 0.25) is 5.89 Å². The Morgan fingerprint density at radius 2 is 2.25 bits per heavy atom. The van der Waals surface area contributed by atoms with Gasteiger partial charge < -0.3 is 14.6 Å². The number of nitrogens with zero attached hydrogens (tertiary/aromatic N) is 3. The highest BCUT2D eigenvalue weighted by atomic mass is 79.9. The molecule has 1 heterocycles. The molecule has 1 saturated carbocycles. The van der Waals surface area contributed by atoms with Crippen molar-refractivity contribution in [1.82, 2.24) is 15.5 Å². The van der Waals surface area contributed by atoms with Crippen LogP contribution < -0.4 is 10.2 Å². The Labute approximate surface area is 126 Å². The smallest absolute Gasteiger partial charge is 0.318 e. The summed E-state index contributed by atoms with van der Waals surface area (Å²) >= 11 is 3.47. The molecule has 0 saturated heterocycles. The van der Waals surface area contributed by atoms with E-state index in [9.17, 15) is 0 Å². The molecule has 0 spiro atoms. The van der Waals surface area contributed by atoms with Gasteiger partial charge in [-0.25, -0.2) is 0 Å². The second-order valence-corrected chi connectivity index (χ2v) is 6.04. The van der Waals surface area contributed by atoms with Crippen molar-refractivity contribution in [1.29, 1.82) is 0 Å². The van der Waals surface area contributed by atoms with E-state index in [1.165, 1.54) is 18.4 Å². The van der Waals surface area contributed by atoms with Crippen molar-refractivity contribution in [3.05, 3.63) is 40.2 Å². The third-order valence-electron chi connectivity index (χ3n) is 3.21. The summed E-state index contributed by atoms with van der Waals surface area (Å²) in [5.74, 6) is 0.646. The lowest BCUT2D eigenvalue weighted by Gasteiger charge is -2.13. The summed E-state index contributed by atoms with van der Waals surface area (Å²) in [6.07, 6.45) is 2.51. The molecule has 0 aliphatic heterocycles. The lowest BCUT2D eigenvalue weighted by molar-refractivity contribution is 0.464. The Morgan fingerprint density at radius 1 is 1.40 bits per heavy atom. The van der Waals surface area contributed by atoms with Crippen LogP contribution in [0.1, 0.15) is 24.3 Å². The molecule has 3 rings (SSSR count). The average molecular weight is 337 g/mol. The summed E-state index contributed by atoms with van der Waals surface area (Å²) in [4.78, 5) is 1.95. The van der Waals surface area contributed by atoms with Crippen molar-refractivity contribution in [3.8, 4) is 0 Å². The molecular formula is C14H17BrN4O. The maximum absolute atomic E-state index is 5.66. The summed E-state index contributed by atoms with van der Waals surface area (Å²) < 4.78 is 6.73. The fourth-order valence-electron chi connectivity index (χ4n) is 1.97. The molecule has 1 aliphatic carbocycles. The Balaban J connectivity index is 1.59. The minimum absolute atomic E-state index is 0.553. The van der Waals surface area contributed by atoms with Crippen LogP contribution in [0.25, 0.3) is 0 Å². The zero-order valence-corrected chi connectivity index (χ0v) is 12.9. The van der Waals surface area contributed by atoms with Crippen molar-refractivity contribution >= 4 is 21.9 Å². The van der Waals surface area contributed by atoms with E-state index in [0.29, 0.717) is 24.5 Å². The van der Waals surface area contributed by atoms with Gasteiger partial charge in [-0.2, -0.15) is 0 Å². The highest BCUT2D eigenvalue weighted by molar-refractivity contribution is 9.10. The van der Waals surface area contributed by atoms with E-state index in [1.807, 2.05) is 24.1 Å². The number of anilines is 1. The van der Waals surface area contributed by atoms with Crippen LogP contribution in [0, 0.1) is 0 Å². The quantitative estimate of drug-likeness (QED) is 0.878. The first kappa shape index (κ1) is 13.6. The molecule has 1 aromatic carbocycles. The highest BCUT2D eigenvalue weighted by Crippen LogP contribution is 2.20. The van der Waals surface area contributed by atoms with Gasteiger partial charge in [0.1, 0.15) is 0 Å². The van der Waals surface area contributed by atoms with Gasteiger partial charge in [-0.15, -0.1) is 5.10 Å². The van der Waals surface area contributed by atoms with Gasteiger partial charge in [0, 0.05) is 24.1 Å². The second-order valence-electron chi connectivity index (χ2n) is 5.12. The van der Waals surface area contributed by atoms with Crippen LogP contribution in [-0.2, 0) is 13.1 Å². The molecule has 20 heavy (non-hydrogen) atoms. The van der Waals surface area contributed by atoms with E-state index in [2.05, 4.69) is 43.6 Å². The molecular weight excluding hydrogens is 320 g/mol. The number of benzene rings is 1. The van der Waals surface area contributed by atoms with Gasteiger partial charge >= 0.3 is 6.01 Å². The van der Waals surface area contributed by atoms with E-state index >= 15 is 0 Å². The number of halogens is 1. The first-order valence-electron chi connectivity index (χ1n) is 6.72. The molecule has 1 aliphatic rings. The van der Waals surface area contributed by atoms with Gasteiger partial charge in [0.05, 0.1) is 6.54 Å². The molecule has 1 aromatic heterocycles. The molecule has 2 aromatic rings. The number of hydrogen-bond acceptors (Lipinski definition) is 5. The molecule has 5 nitrogen and oxygen atoms in total. The van der Waals surface area contributed by atoms with Crippen LogP contribution in [0.15, 0.2) is 33.2 Å². The minimum atomic E-state index is 0.553. The van der Waals surface area contributed by atoms with Gasteiger partial charge in [-0.3, -0.25) is 0 Å².